The van der Waals surface area contributed by atoms with Crippen LogP contribution in [0.25, 0.3) is 0 Å². The number of hydrogen-bond acceptors (Lipinski definition) is 5. The maximum absolute atomic E-state index is 13.4. The molecule has 232 valence electrons. The van der Waals surface area contributed by atoms with Gasteiger partial charge < -0.3 is 9.64 Å². The Bertz CT molecular complexity index is 1580. The van der Waals surface area contributed by atoms with Gasteiger partial charge in [0.1, 0.15) is 5.60 Å². The first-order valence-electron chi connectivity index (χ1n) is 12.2. The predicted octanol–water partition coefficient (Wildman–Crippen LogP) is 7.85. The average molecular weight is 691 g/mol. The molecule has 1 saturated heterocycles. The number of morpholine rings is 1. The lowest BCUT2D eigenvalue weighted by Gasteiger charge is -2.43. The molecule has 0 aromatic heterocycles. The molecule has 1 amide bonds. The van der Waals surface area contributed by atoms with E-state index in [0.29, 0.717) is 22.7 Å². The van der Waals surface area contributed by atoms with Crippen LogP contribution in [0.5, 0.6) is 0 Å². The van der Waals surface area contributed by atoms with E-state index in [1.54, 1.807) is 0 Å². The van der Waals surface area contributed by atoms with Crippen LogP contribution in [0, 0.1) is 0 Å². The van der Waals surface area contributed by atoms with Crippen molar-refractivity contribution < 1.29 is 48.5 Å². The molecule has 1 aliphatic heterocycles. The fraction of sp³-hybridized carbons (Fsp3) is 0.296. The summed E-state index contributed by atoms with van der Waals surface area (Å²) in [6.07, 6.45) is -10.5. The number of hydrogen-bond donors (Lipinski definition) is 0. The van der Waals surface area contributed by atoms with Gasteiger partial charge in [-0.3, -0.25) is 8.98 Å². The minimum atomic E-state index is -5.15. The van der Waals surface area contributed by atoms with Gasteiger partial charge in [0.15, 0.2) is 0 Å². The molecule has 1 fully saturated rings. The fourth-order valence-corrected chi connectivity index (χ4v) is 5.79. The van der Waals surface area contributed by atoms with Crippen LogP contribution >= 0.6 is 34.8 Å². The fourth-order valence-electron chi connectivity index (χ4n) is 4.45. The molecular formula is C27H20Cl3F6NO5S. The van der Waals surface area contributed by atoms with Crippen molar-refractivity contribution in [2.45, 2.75) is 29.3 Å². The van der Waals surface area contributed by atoms with Crippen LogP contribution in [0.15, 0.2) is 65.6 Å². The van der Waals surface area contributed by atoms with Gasteiger partial charge in [0.25, 0.3) is 16.0 Å². The standard InChI is InChI=1S/C27H20Cl3F6NO5S/c28-20-2-4-21(5-3-20)43(39,40)42-9-7-25(17-1-6-22(29)23(30)14-17)15-37(8-10-41-25)24(38)16-11-18(26(31,32)33)13-19(12-16)27(34,35)36/h1-6,11-14H,7-10,15H2. The first-order valence-corrected chi connectivity index (χ1v) is 14.8. The summed E-state index contributed by atoms with van der Waals surface area (Å²) in [7, 11) is -4.27. The highest BCUT2D eigenvalue weighted by atomic mass is 35.5. The maximum Gasteiger partial charge on any atom is 0.416 e. The van der Waals surface area contributed by atoms with Crippen molar-refractivity contribution in [1.82, 2.24) is 4.90 Å². The van der Waals surface area contributed by atoms with E-state index in [0.717, 1.165) is 4.90 Å². The zero-order chi connectivity index (χ0) is 31.8. The van der Waals surface area contributed by atoms with Crippen molar-refractivity contribution in [2.75, 3.05) is 26.3 Å². The van der Waals surface area contributed by atoms with Gasteiger partial charge in [0.2, 0.25) is 0 Å². The summed E-state index contributed by atoms with van der Waals surface area (Å²) < 4.78 is 117. The van der Waals surface area contributed by atoms with E-state index in [1.165, 1.54) is 42.5 Å². The summed E-state index contributed by atoms with van der Waals surface area (Å²) in [5.41, 5.74) is -5.35. The van der Waals surface area contributed by atoms with Crippen LogP contribution < -0.4 is 0 Å². The topological polar surface area (TPSA) is 72.9 Å². The molecular weight excluding hydrogens is 671 g/mol. The number of nitrogens with zero attached hydrogens (tertiary/aromatic N) is 1. The summed E-state index contributed by atoms with van der Waals surface area (Å²) in [4.78, 5) is 14.2. The van der Waals surface area contributed by atoms with Crippen LogP contribution in [0.2, 0.25) is 15.1 Å². The molecule has 6 nitrogen and oxygen atoms in total. The molecule has 0 aliphatic carbocycles. The summed E-state index contributed by atoms with van der Waals surface area (Å²) >= 11 is 18.0. The Balaban J connectivity index is 1.67. The summed E-state index contributed by atoms with van der Waals surface area (Å²) in [5.74, 6) is -1.13. The van der Waals surface area contributed by atoms with Crippen molar-refractivity contribution in [2.24, 2.45) is 0 Å². The number of alkyl halides is 6. The molecule has 3 aromatic carbocycles. The van der Waals surface area contributed by atoms with Crippen molar-refractivity contribution in [3.05, 3.63) is 98.0 Å². The number of rotatable bonds is 7. The Kier molecular flexibility index (Phi) is 9.65. The minimum Gasteiger partial charge on any atom is -0.366 e. The second-order valence-electron chi connectivity index (χ2n) is 9.47. The maximum atomic E-state index is 13.4. The van der Waals surface area contributed by atoms with E-state index < -0.39 is 63.8 Å². The second kappa shape index (κ2) is 12.4. The van der Waals surface area contributed by atoms with Gasteiger partial charge in [-0.1, -0.05) is 40.9 Å². The first kappa shape index (κ1) is 33.3. The third-order valence-electron chi connectivity index (χ3n) is 6.60. The summed E-state index contributed by atoms with van der Waals surface area (Å²) in [6, 6.07) is 10.1. The van der Waals surface area contributed by atoms with E-state index in [9.17, 15) is 39.6 Å². The van der Waals surface area contributed by atoms with Gasteiger partial charge in [0, 0.05) is 23.6 Å². The lowest BCUT2D eigenvalue weighted by atomic mass is 9.88. The number of ether oxygens (including phenoxy) is 1. The third-order valence-corrected chi connectivity index (χ3v) is 8.92. The number of amides is 1. The molecule has 4 rings (SSSR count). The van der Waals surface area contributed by atoms with E-state index in [4.69, 9.17) is 43.7 Å². The van der Waals surface area contributed by atoms with Crippen molar-refractivity contribution in [3.63, 3.8) is 0 Å². The number of carbonyl (C=O) groups is 1. The molecule has 1 aliphatic rings. The van der Waals surface area contributed by atoms with Crippen LogP contribution in [-0.4, -0.2) is 45.5 Å². The molecule has 0 N–H and O–H groups in total. The van der Waals surface area contributed by atoms with Gasteiger partial charge in [-0.15, -0.1) is 0 Å². The quantitative estimate of drug-likeness (QED) is 0.187. The number of carbonyl (C=O) groups excluding carboxylic acids is 1. The highest BCUT2D eigenvalue weighted by Crippen LogP contribution is 2.39. The lowest BCUT2D eigenvalue weighted by Crippen LogP contribution is -2.52. The van der Waals surface area contributed by atoms with Gasteiger partial charge in [-0.05, 0) is 60.2 Å². The highest BCUT2D eigenvalue weighted by molar-refractivity contribution is 7.86. The molecule has 0 saturated carbocycles. The van der Waals surface area contributed by atoms with Gasteiger partial charge in [0.05, 0.1) is 45.8 Å². The van der Waals surface area contributed by atoms with E-state index in [2.05, 4.69) is 0 Å². The molecule has 0 spiro atoms. The SMILES string of the molecule is O=C(c1cc(C(F)(F)F)cc(C(F)(F)F)c1)N1CCOC(CCOS(=O)(=O)c2ccc(Cl)cc2)(c2ccc(Cl)c(Cl)c2)C1. The summed E-state index contributed by atoms with van der Waals surface area (Å²) in [6.45, 7) is -1.29. The predicted molar refractivity (Wildman–Crippen MR) is 146 cm³/mol. The largest absolute Gasteiger partial charge is 0.416 e. The van der Waals surface area contributed by atoms with E-state index in [-0.39, 0.29) is 40.6 Å². The van der Waals surface area contributed by atoms with Crippen LogP contribution in [0.1, 0.15) is 33.5 Å². The number of halogens is 9. The second-order valence-corrected chi connectivity index (χ2v) is 12.3. The van der Waals surface area contributed by atoms with Crippen molar-refractivity contribution >= 4 is 50.8 Å². The monoisotopic (exact) mass is 689 g/mol. The molecule has 0 bridgehead atoms. The zero-order valence-electron chi connectivity index (χ0n) is 21.6. The third kappa shape index (κ3) is 7.76. The molecule has 1 atom stereocenters. The molecule has 3 aromatic rings. The molecule has 0 radical (unpaired) electrons. The molecule has 1 heterocycles. The van der Waals surface area contributed by atoms with Crippen molar-refractivity contribution in [1.29, 1.82) is 0 Å². The Morgan fingerprint density at radius 2 is 1.49 bits per heavy atom. The Morgan fingerprint density at radius 3 is 2.05 bits per heavy atom. The smallest absolute Gasteiger partial charge is 0.366 e. The van der Waals surface area contributed by atoms with Crippen molar-refractivity contribution in [3.8, 4) is 0 Å². The molecule has 16 heteroatoms. The molecule has 43 heavy (non-hydrogen) atoms. The van der Waals surface area contributed by atoms with E-state index in [1.807, 2.05) is 0 Å². The van der Waals surface area contributed by atoms with E-state index >= 15 is 0 Å². The van der Waals surface area contributed by atoms with Gasteiger partial charge in [-0.25, -0.2) is 0 Å². The Morgan fingerprint density at radius 1 is 0.884 bits per heavy atom. The Labute approximate surface area is 257 Å². The van der Waals surface area contributed by atoms with Gasteiger partial charge in [-0.2, -0.15) is 34.8 Å². The van der Waals surface area contributed by atoms with Crippen LogP contribution in [0.4, 0.5) is 26.3 Å². The van der Waals surface area contributed by atoms with Gasteiger partial charge >= 0.3 is 12.4 Å². The molecule has 1 unspecified atom stereocenters. The zero-order valence-corrected chi connectivity index (χ0v) is 24.7. The minimum absolute atomic E-state index is 0.0748. The van der Waals surface area contributed by atoms with Crippen LogP contribution in [-0.2, 0) is 37.0 Å². The lowest BCUT2D eigenvalue weighted by molar-refractivity contribution is -0.143. The normalized spacial score (nSPS) is 18.1. The Hall–Kier alpha value is -2.55. The first-order chi connectivity index (χ1) is 19.9. The average Bonchev–Trinajstić information content (AvgIpc) is 2.93. The number of benzene rings is 3. The highest BCUT2D eigenvalue weighted by Gasteiger charge is 2.42. The van der Waals surface area contributed by atoms with Crippen LogP contribution in [0.3, 0.4) is 0 Å². The summed E-state index contributed by atoms with van der Waals surface area (Å²) in [5, 5.41) is 0.531.